The minimum Gasteiger partial charge on any atom is -0.495 e. The van der Waals surface area contributed by atoms with Crippen LogP contribution in [0.4, 0.5) is 5.69 Å². The van der Waals surface area contributed by atoms with Crippen molar-refractivity contribution in [3.05, 3.63) is 47.0 Å². The number of carbonyl (C=O) groups is 1. The number of ether oxygens (including phenoxy) is 4. The molecule has 2 aromatic rings. The Morgan fingerprint density at radius 2 is 1.54 bits per heavy atom. The van der Waals surface area contributed by atoms with E-state index in [9.17, 15) is 4.79 Å². The van der Waals surface area contributed by atoms with Crippen LogP contribution in [0, 0.1) is 0 Å². The molecule has 1 amide bonds. The van der Waals surface area contributed by atoms with Crippen LogP contribution in [-0.2, 0) is 4.79 Å². The summed E-state index contributed by atoms with van der Waals surface area (Å²) in [6.07, 6.45) is 3.07. The summed E-state index contributed by atoms with van der Waals surface area (Å²) in [4.78, 5) is 12.2. The van der Waals surface area contributed by atoms with Crippen LogP contribution < -0.4 is 24.3 Å². The molecule has 0 fully saturated rings. The van der Waals surface area contributed by atoms with E-state index < -0.39 is 0 Å². The Hall–Kier alpha value is -2.86. The summed E-state index contributed by atoms with van der Waals surface area (Å²) in [5, 5.41) is 3.13. The van der Waals surface area contributed by atoms with E-state index in [0.29, 0.717) is 33.7 Å². The van der Waals surface area contributed by atoms with Crippen molar-refractivity contribution in [3.8, 4) is 23.0 Å². The van der Waals surface area contributed by atoms with Crippen molar-refractivity contribution < 1.29 is 23.7 Å². The van der Waals surface area contributed by atoms with E-state index in [0.717, 1.165) is 5.56 Å². The van der Waals surface area contributed by atoms with Crippen molar-refractivity contribution >= 4 is 29.3 Å². The highest BCUT2D eigenvalue weighted by Gasteiger charge is 2.11. The van der Waals surface area contributed by atoms with E-state index in [1.165, 1.54) is 20.3 Å². The molecule has 0 aliphatic rings. The van der Waals surface area contributed by atoms with E-state index >= 15 is 0 Å². The van der Waals surface area contributed by atoms with Gasteiger partial charge in [-0.2, -0.15) is 0 Å². The van der Waals surface area contributed by atoms with Gasteiger partial charge in [-0.15, -0.1) is 0 Å². The largest absolute Gasteiger partial charge is 0.495 e. The quantitative estimate of drug-likeness (QED) is 0.738. The summed E-state index contributed by atoms with van der Waals surface area (Å²) in [5.41, 5.74) is 1.24. The normalized spacial score (nSPS) is 10.5. The summed E-state index contributed by atoms with van der Waals surface area (Å²) >= 11 is 6.06. The Labute approximate surface area is 157 Å². The summed E-state index contributed by atoms with van der Waals surface area (Å²) in [6, 6.07) is 8.53. The first kappa shape index (κ1) is 19.5. The SMILES string of the molecule is COc1cc(NC(=O)/C=C/c2ccc(OC)c(OC)c2)c(OC)cc1Cl. The highest BCUT2D eigenvalue weighted by molar-refractivity contribution is 6.32. The number of nitrogens with one attached hydrogen (secondary N) is 1. The van der Waals surface area contributed by atoms with Crippen molar-refractivity contribution in [2.45, 2.75) is 0 Å². The standard InChI is InChI=1S/C19H20ClNO5/c1-23-15-7-5-12(9-18(15)26-4)6-8-19(22)21-14-11-16(24-2)13(20)10-17(14)25-3/h5-11H,1-4H3,(H,21,22)/b8-6+. The van der Waals surface area contributed by atoms with Crippen LogP contribution in [0.3, 0.4) is 0 Å². The second kappa shape index (κ2) is 9.01. The summed E-state index contributed by atoms with van der Waals surface area (Å²) in [7, 11) is 6.11. The molecule has 1 N–H and O–H groups in total. The molecular formula is C19H20ClNO5. The predicted molar refractivity (Wildman–Crippen MR) is 102 cm³/mol. The van der Waals surface area contributed by atoms with Gasteiger partial charge >= 0.3 is 0 Å². The Balaban J connectivity index is 2.17. The van der Waals surface area contributed by atoms with E-state index in [4.69, 9.17) is 30.5 Å². The van der Waals surface area contributed by atoms with Crippen LogP contribution in [0.5, 0.6) is 23.0 Å². The number of rotatable bonds is 7. The molecule has 0 atom stereocenters. The molecule has 0 bridgehead atoms. The van der Waals surface area contributed by atoms with Crippen LogP contribution in [0.2, 0.25) is 5.02 Å². The third-order valence-electron chi connectivity index (χ3n) is 3.57. The highest BCUT2D eigenvalue weighted by atomic mass is 35.5. The molecule has 0 saturated heterocycles. The maximum absolute atomic E-state index is 12.2. The molecule has 26 heavy (non-hydrogen) atoms. The first-order valence-electron chi connectivity index (χ1n) is 7.65. The number of anilines is 1. The lowest BCUT2D eigenvalue weighted by Crippen LogP contribution is -2.09. The number of benzene rings is 2. The van der Waals surface area contributed by atoms with Crippen molar-refractivity contribution in [1.29, 1.82) is 0 Å². The number of methoxy groups -OCH3 is 4. The van der Waals surface area contributed by atoms with Gasteiger partial charge in [0.15, 0.2) is 11.5 Å². The molecular weight excluding hydrogens is 358 g/mol. The second-order valence-electron chi connectivity index (χ2n) is 5.12. The average molecular weight is 378 g/mol. The number of hydrogen-bond donors (Lipinski definition) is 1. The number of carbonyl (C=O) groups excluding carboxylic acids is 1. The zero-order valence-corrected chi connectivity index (χ0v) is 15.7. The van der Waals surface area contributed by atoms with E-state index in [-0.39, 0.29) is 5.91 Å². The van der Waals surface area contributed by atoms with Crippen LogP contribution in [0.15, 0.2) is 36.4 Å². The maximum atomic E-state index is 12.2. The lowest BCUT2D eigenvalue weighted by Gasteiger charge is -2.12. The van der Waals surface area contributed by atoms with Gasteiger partial charge in [0, 0.05) is 18.2 Å². The van der Waals surface area contributed by atoms with Gasteiger partial charge in [0.25, 0.3) is 0 Å². The van der Waals surface area contributed by atoms with Crippen molar-refractivity contribution in [2.24, 2.45) is 0 Å². The molecule has 0 radical (unpaired) electrons. The van der Waals surface area contributed by atoms with Gasteiger partial charge in [0.1, 0.15) is 11.5 Å². The Morgan fingerprint density at radius 3 is 2.15 bits per heavy atom. The topological polar surface area (TPSA) is 66.0 Å². The zero-order chi connectivity index (χ0) is 19.1. The lowest BCUT2D eigenvalue weighted by atomic mass is 10.2. The molecule has 0 unspecified atom stereocenters. The first-order valence-corrected chi connectivity index (χ1v) is 8.02. The highest BCUT2D eigenvalue weighted by Crippen LogP contribution is 2.36. The minimum absolute atomic E-state index is 0.331. The Kier molecular flexibility index (Phi) is 6.74. The molecule has 6 nitrogen and oxygen atoms in total. The van der Waals surface area contributed by atoms with E-state index in [1.807, 2.05) is 6.07 Å². The van der Waals surface area contributed by atoms with Crippen LogP contribution in [-0.4, -0.2) is 34.3 Å². The van der Waals surface area contributed by atoms with Gasteiger partial charge in [0.2, 0.25) is 5.91 Å². The third-order valence-corrected chi connectivity index (χ3v) is 3.86. The molecule has 2 aromatic carbocycles. The number of halogens is 1. The number of amides is 1. The second-order valence-corrected chi connectivity index (χ2v) is 5.53. The molecule has 0 heterocycles. The average Bonchev–Trinajstić information content (AvgIpc) is 2.66. The molecule has 2 rings (SSSR count). The first-order chi connectivity index (χ1) is 12.5. The van der Waals surface area contributed by atoms with Gasteiger partial charge in [-0.05, 0) is 23.8 Å². The van der Waals surface area contributed by atoms with Crippen LogP contribution in [0.1, 0.15) is 5.56 Å². The fourth-order valence-electron chi connectivity index (χ4n) is 2.26. The fourth-order valence-corrected chi connectivity index (χ4v) is 2.49. The van der Waals surface area contributed by atoms with Crippen molar-refractivity contribution in [2.75, 3.05) is 33.8 Å². The molecule has 0 spiro atoms. The summed E-state index contributed by atoms with van der Waals surface area (Å²) < 4.78 is 20.8. The van der Waals surface area contributed by atoms with Gasteiger partial charge in [-0.1, -0.05) is 17.7 Å². The lowest BCUT2D eigenvalue weighted by molar-refractivity contribution is -0.111. The predicted octanol–water partition coefficient (Wildman–Crippen LogP) is 4.03. The van der Waals surface area contributed by atoms with Gasteiger partial charge in [-0.3, -0.25) is 4.79 Å². The summed E-state index contributed by atoms with van der Waals surface area (Å²) in [6.45, 7) is 0. The monoisotopic (exact) mass is 377 g/mol. The third kappa shape index (κ3) is 4.61. The zero-order valence-electron chi connectivity index (χ0n) is 15.0. The maximum Gasteiger partial charge on any atom is 0.248 e. The molecule has 0 aliphatic carbocycles. The van der Waals surface area contributed by atoms with Crippen LogP contribution >= 0.6 is 11.6 Å². The fraction of sp³-hybridized carbons (Fsp3) is 0.211. The Bertz CT molecular complexity index is 820. The van der Waals surface area contributed by atoms with Gasteiger partial charge in [0.05, 0.1) is 39.1 Å². The molecule has 7 heteroatoms. The summed E-state index contributed by atoms with van der Waals surface area (Å²) in [5.74, 6) is 1.74. The smallest absolute Gasteiger partial charge is 0.248 e. The minimum atomic E-state index is -0.331. The van der Waals surface area contributed by atoms with Crippen molar-refractivity contribution in [1.82, 2.24) is 0 Å². The molecule has 0 aliphatic heterocycles. The van der Waals surface area contributed by atoms with E-state index in [2.05, 4.69) is 5.32 Å². The van der Waals surface area contributed by atoms with E-state index in [1.54, 1.807) is 44.6 Å². The Morgan fingerprint density at radius 1 is 0.885 bits per heavy atom. The number of hydrogen-bond acceptors (Lipinski definition) is 5. The van der Waals surface area contributed by atoms with Crippen molar-refractivity contribution in [3.63, 3.8) is 0 Å². The van der Waals surface area contributed by atoms with Gasteiger partial charge < -0.3 is 24.3 Å². The molecule has 138 valence electrons. The molecule has 0 aromatic heterocycles. The van der Waals surface area contributed by atoms with Gasteiger partial charge in [-0.25, -0.2) is 0 Å². The molecule has 0 saturated carbocycles. The van der Waals surface area contributed by atoms with Crippen LogP contribution in [0.25, 0.3) is 6.08 Å².